The van der Waals surface area contributed by atoms with E-state index in [1.807, 2.05) is 12.1 Å². The van der Waals surface area contributed by atoms with Gasteiger partial charge in [0.1, 0.15) is 11.3 Å². The zero-order chi connectivity index (χ0) is 21.9. The molecule has 2 saturated heterocycles. The van der Waals surface area contributed by atoms with Crippen molar-refractivity contribution in [3.05, 3.63) is 47.3 Å². The molecule has 2 aliphatic rings. The van der Waals surface area contributed by atoms with E-state index in [9.17, 15) is 4.79 Å². The third kappa shape index (κ3) is 4.48. The number of fused-ring (bicyclic) bond motifs is 1. The number of ether oxygens (including phenoxy) is 2. The van der Waals surface area contributed by atoms with E-state index >= 15 is 0 Å². The van der Waals surface area contributed by atoms with Crippen LogP contribution in [0.25, 0.3) is 10.2 Å². The van der Waals surface area contributed by atoms with Crippen LogP contribution in [-0.4, -0.2) is 54.2 Å². The van der Waals surface area contributed by atoms with Gasteiger partial charge in [0.25, 0.3) is 5.91 Å². The summed E-state index contributed by atoms with van der Waals surface area (Å²) in [5.41, 5.74) is 3.59. The molecule has 168 valence electrons. The van der Waals surface area contributed by atoms with Crippen LogP contribution >= 0.6 is 11.3 Å². The van der Waals surface area contributed by atoms with Gasteiger partial charge >= 0.3 is 0 Å². The highest BCUT2D eigenvalue weighted by Gasteiger charge is 2.22. The Bertz CT molecular complexity index is 1100. The Labute approximate surface area is 191 Å². The van der Waals surface area contributed by atoms with E-state index < -0.39 is 0 Å². The number of nitrogens with one attached hydrogen (secondary N) is 1. The largest absolute Gasteiger partial charge is 0.494 e. The molecule has 0 radical (unpaired) electrons. The number of anilines is 1. The van der Waals surface area contributed by atoms with Crippen LogP contribution in [0.4, 0.5) is 5.13 Å². The van der Waals surface area contributed by atoms with E-state index in [0.29, 0.717) is 16.6 Å². The Balaban J connectivity index is 1.38. The zero-order valence-electron chi connectivity index (χ0n) is 18.3. The van der Waals surface area contributed by atoms with Gasteiger partial charge in [0.2, 0.25) is 0 Å². The van der Waals surface area contributed by atoms with Gasteiger partial charge in [-0.15, -0.1) is 0 Å². The molecule has 3 aromatic rings. The number of pyridine rings is 1. The molecule has 4 heterocycles. The monoisotopic (exact) mass is 452 g/mol. The number of carbonyl (C=O) groups excluding carboxylic acids is 1. The smallest absolute Gasteiger partial charge is 0.257 e. The van der Waals surface area contributed by atoms with Gasteiger partial charge in [-0.1, -0.05) is 17.4 Å². The van der Waals surface area contributed by atoms with E-state index in [1.54, 1.807) is 19.4 Å². The number of thiazole rings is 1. The maximum absolute atomic E-state index is 13.0. The van der Waals surface area contributed by atoms with Gasteiger partial charge < -0.3 is 9.47 Å². The molecule has 0 bridgehead atoms. The van der Waals surface area contributed by atoms with Crippen LogP contribution in [0.3, 0.4) is 0 Å². The van der Waals surface area contributed by atoms with Gasteiger partial charge in [-0.3, -0.25) is 20.0 Å². The van der Waals surface area contributed by atoms with E-state index in [1.165, 1.54) is 29.7 Å². The summed E-state index contributed by atoms with van der Waals surface area (Å²) in [7, 11) is 1.65. The molecule has 8 heteroatoms. The second kappa shape index (κ2) is 9.52. The topological polar surface area (TPSA) is 76.6 Å². The molecular formula is C24H28N4O3S. The van der Waals surface area contributed by atoms with Crippen LogP contribution in [-0.2, 0) is 11.3 Å². The van der Waals surface area contributed by atoms with Crippen molar-refractivity contribution >= 4 is 32.6 Å². The number of rotatable bonds is 6. The molecular weight excluding hydrogens is 424 g/mol. The fourth-order valence-corrected chi connectivity index (χ4v) is 5.67. The standard InChI is InChI=1S/C24H28N4O3S/c1-30-20-5-4-19(16-7-12-31-13-8-16)22-21(20)26-24(32-22)27-23(29)17-6-9-25-18(14-17)15-28-10-2-3-11-28/h4-6,9,14,16H,2-3,7-8,10-13,15H2,1H3,(H,26,27,29). The van der Waals surface area contributed by atoms with Crippen molar-refractivity contribution in [1.82, 2.24) is 14.9 Å². The van der Waals surface area contributed by atoms with Crippen molar-refractivity contribution in [3.8, 4) is 5.75 Å². The molecule has 1 N–H and O–H groups in total. The highest BCUT2D eigenvalue weighted by molar-refractivity contribution is 7.22. The lowest BCUT2D eigenvalue weighted by molar-refractivity contribution is 0.0856. The molecule has 32 heavy (non-hydrogen) atoms. The number of amides is 1. The highest BCUT2D eigenvalue weighted by Crippen LogP contribution is 2.40. The summed E-state index contributed by atoms with van der Waals surface area (Å²) in [5, 5.41) is 3.58. The quantitative estimate of drug-likeness (QED) is 0.596. The van der Waals surface area contributed by atoms with Crippen molar-refractivity contribution in [2.45, 2.75) is 38.1 Å². The number of nitrogens with zero attached hydrogens (tertiary/aromatic N) is 3. The van der Waals surface area contributed by atoms with Crippen molar-refractivity contribution in [1.29, 1.82) is 0 Å². The molecule has 1 amide bonds. The van der Waals surface area contributed by atoms with Crippen molar-refractivity contribution in [2.75, 3.05) is 38.7 Å². The highest BCUT2D eigenvalue weighted by atomic mass is 32.1. The molecule has 0 saturated carbocycles. The number of aromatic nitrogens is 2. The van der Waals surface area contributed by atoms with Crippen LogP contribution in [0.1, 0.15) is 53.2 Å². The summed E-state index contributed by atoms with van der Waals surface area (Å²) >= 11 is 1.51. The first kappa shape index (κ1) is 21.3. The summed E-state index contributed by atoms with van der Waals surface area (Å²) < 4.78 is 12.2. The summed E-state index contributed by atoms with van der Waals surface area (Å²) in [6.45, 7) is 4.54. The predicted octanol–water partition coefficient (Wildman–Crippen LogP) is 4.44. The van der Waals surface area contributed by atoms with E-state index in [4.69, 9.17) is 14.5 Å². The van der Waals surface area contributed by atoms with Crippen LogP contribution in [0, 0.1) is 0 Å². The molecule has 5 rings (SSSR count). The fraction of sp³-hybridized carbons (Fsp3) is 0.458. The average Bonchev–Trinajstić information content (AvgIpc) is 3.49. The Morgan fingerprint density at radius 1 is 1.25 bits per heavy atom. The Hall–Kier alpha value is -2.55. The summed E-state index contributed by atoms with van der Waals surface area (Å²) in [6.07, 6.45) is 6.18. The number of hydrogen-bond acceptors (Lipinski definition) is 7. The third-order valence-electron chi connectivity index (χ3n) is 6.30. The number of methoxy groups -OCH3 is 1. The van der Waals surface area contributed by atoms with Crippen molar-refractivity contribution in [2.24, 2.45) is 0 Å². The lowest BCUT2D eigenvalue weighted by Gasteiger charge is -2.23. The van der Waals surface area contributed by atoms with E-state index in [2.05, 4.69) is 21.3 Å². The molecule has 7 nitrogen and oxygen atoms in total. The minimum atomic E-state index is -0.166. The van der Waals surface area contributed by atoms with Crippen LogP contribution in [0.2, 0.25) is 0 Å². The molecule has 0 atom stereocenters. The Kier molecular flexibility index (Phi) is 6.34. The van der Waals surface area contributed by atoms with Gasteiger partial charge in [0, 0.05) is 31.5 Å². The van der Waals surface area contributed by atoms with Gasteiger partial charge in [-0.05, 0) is 68.5 Å². The number of benzene rings is 1. The third-order valence-corrected chi connectivity index (χ3v) is 7.32. The zero-order valence-corrected chi connectivity index (χ0v) is 19.1. The van der Waals surface area contributed by atoms with Crippen molar-refractivity contribution < 1.29 is 14.3 Å². The Morgan fingerprint density at radius 2 is 2.06 bits per heavy atom. The first-order valence-corrected chi connectivity index (χ1v) is 12.1. The lowest BCUT2D eigenvalue weighted by atomic mass is 9.91. The normalized spacial score (nSPS) is 17.7. The molecule has 0 unspecified atom stereocenters. The minimum Gasteiger partial charge on any atom is -0.494 e. The fourth-order valence-electron chi connectivity index (χ4n) is 4.60. The molecule has 1 aromatic carbocycles. The van der Waals surface area contributed by atoms with E-state index in [0.717, 1.165) is 67.3 Å². The first-order chi connectivity index (χ1) is 15.7. The SMILES string of the molecule is COc1ccc(C2CCOCC2)c2sc(NC(=O)c3ccnc(CN4CCCC4)c3)nc12. The van der Waals surface area contributed by atoms with Gasteiger partial charge in [0.05, 0.1) is 17.5 Å². The summed E-state index contributed by atoms with van der Waals surface area (Å²) in [6, 6.07) is 7.75. The van der Waals surface area contributed by atoms with Gasteiger partial charge in [0.15, 0.2) is 5.13 Å². The number of hydrogen-bond donors (Lipinski definition) is 1. The first-order valence-electron chi connectivity index (χ1n) is 11.2. The van der Waals surface area contributed by atoms with Gasteiger partial charge in [-0.25, -0.2) is 4.98 Å². The maximum Gasteiger partial charge on any atom is 0.257 e. The summed E-state index contributed by atoms with van der Waals surface area (Å²) in [4.78, 5) is 24.5. The van der Waals surface area contributed by atoms with E-state index in [-0.39, 0.29) is 5.91 Å². The predicted molar refractivity (Wildman–Crippen MR) is 126 cm³/mol. The van der Waals surface area contributed by atoms with Crippen molar-refractivity contribution in [3.63, 3.8) is 0 Å². The van der Waals surface area contributed by atoms with Crippen LogP contribution in [0.15, 0.2) is 30.5 Å². The molecule has 0 aliphatic carbocycles. The molecule has 0 spiro atoms. The van der Waals surface area contributed by atoms with Crippen LogP contribution < -0.4 is 10.1 Å². The Morgan fingerprint density at radius 3 is 2.84 bits per heavy atom. The molecule has 2 aromatic heterocycles. The van der Waals surface area contributed by atoms with Gasteiger partial charge in [-0.2, -0.15) is 0 Å². The van der Waals surface area contributed by atoms with Crippen LogP contribution in [0.5, 0.6) is 5.75 Å². The molecule has 2 aliphatic heterocycles. The number of likely N-dealkylation sites (tertiary alicyclic amines) is 1. The average molecular weight is 453 g/mol. The minimum absolute atomic E-state index is 0.166. The summed E-state index contributed by atoms with van der Waals surface area (Å²) in [5.74, 6) is 1.000. The maximum atomic E-state index is 13.0. The lowest BCUT2D eigenvalue weighted by Crippen LogP contribution is -2.20. The number of carbonyl (C=O) groups is 1. The second-order valence-electron chi connectivity index (χ2n) is 8.41. The second-order valence-corrected chi connectivity index (χ2v) is 9.41. The molecule has 2 fully saturated rings.